The molecular formula is C15H13N3O2. The highest BCUT2D eigenvalue weighted by Gasteiger charge is 2.32. The Balaban J connectivity index is 2.10. The molecule has 2 heterocycles. The Morgan fingerprint density at radius 2 is 2.30 bits per heavy atom. The first kappa shape index (κ1) is 12.6. The fraction of sp³-hybridized carbons (Fsp3) is 0.267. The maximum absolute atomic E-state index is 12.0. The van der Waals surface area contributed by atoms with Gasteiger partial charge in [-0.1, -0.05) is 0 Å². The van der Waals surface area contributed by atoms with Crippen LogP contribution in [-0.4, -0.2) is 24.2 Å². The molecule has 1 saturated heterocycles. The average molecular weight is 267 g/mol. The molecule has 2 aromatic rings. The predicted molar refractivity (Wildman–Crippen MR) is 74.0 cm³/mol. The van der Waals surface area contributed by atoms with E-state index < -0.39 is 0 Å². The van der Waals surface area contributed by atoms with Crippen LogP contribution in [0.2, 0.25) is 0 Å². The number of rotatable bonds is 2. The number of ether oxygens (including phenoxy) is 1. The van der Waals surface area contributed by atoms with Gasteiger partial charge in [-0.25, -0.2) is 4.98 Å². The summed E-state index contributed by atoms with van der Waals surface area (Å²) >= 11 is 0. The number of methoxy groups -OCH3 is 1. The summed E-state index contributed by atoms with van der Waals surface area (Å²) in [4.78, 5) is 17.7. The van der Waals surface area contributed by atoms with Crippen molar-refractivity contribution in [1.82, 2.24) is 4.98 Å². The second-order valence-electron chi connectivity index (χ2n) is 4.67. The van der Waals surface area contributed by atoms with Crippen LogP contribution < -0.4 is 4.90 Å². The van der Waals surface area contributed by atoms with Crippen molar-refractivity contribution < 1.29 is 9.53 Å². The molecule has 0 aliphatic carbocycles. The lowest BCUT2D eigenvalue weighted by atomic mass is 10.1. The Hall–Kier alpha value is -2.45. The largest absolute Gasteiger partial charge is 0.361 e. The summed E-state index contributed by atoms with van der Waals surface area (Å²) in [6, 6.07) is 9.46. The summed E-state index contributed by atoms with van der Waals surface area (Å²) in [5.41, 5.74) is 1.19. The second-order valence-corrected chi connectivity index (χ2v) is 4.67. The monoisotopic (exact) mass is 267 g/mol. The summed E-state index contributed by atoms with van der Waals surface area (Å²) in [5, 5.41) is 10.7. The SMILES string of the molecule is CO[C@@H]1CCC(=O)N1c1ccc2c(C#N)nccc2c1. The van der Waals surface area contributed by atoms with Gasteiger partial charge in [0.2, 0.25) is 5.91 Å². The van der Waals surface area contributed by atoms with Crippen LogP contribution in [-0.2, 0) is 9.53 Å². The molecule has 0 bridgehead atoms. The molecule has 0 saturated carbocycles. The molecule has 1 aromatic heterocycles. The highest BCUT2D eigenvalue weighted by Crippen LogP contribution is 2.30. The third-order valence-corrected chi connectivity index (χ3v) is 3.57. The van der Waals surface area contributed by atoms with Crippen molar-refractivity contribution >= 4 is 22.4 Å². The molecule has 0 N–H and O–H groups in total. The van der Waals surface area contributed by atoms with Gasteiger partial charge in [0.05, 0.1) is 0 Å². The maximum atomic E-state index is 12.0. The lowest BCUT2D eigenvalue weighted by Crippen LogP contribution is -2.34. The molecule has 5 nitrogen and oxygen atoms in total. The van der Waals surface area contributed by atoms with E-state index in [0.29, 0.717) is 18.5 Å². The van der Waals surface area contributed by atoms with Crippen LogP contribution >= 0.6 is 0 Å². The number of anilines is 1. The van der Waals surface area contributed by atoms with Gasteiger partial charge in [0, 0.05) is 37.2 Å². The minimum absolute atomic E-state index is 0.0609. The average Bonchev–Trinajstić information content (AvgIpc) is 2.86. The predicted octanol–water partition coefficient (Wildman–Crippen LogP) is 2.21. The van der Waals surface area contributed by atoms with E-state index in [4.69, 9.17) is 10.00 Å². The van der Waals surface area contributed by atoms with Crippen molar-refractivity contribution in [2.45, 2.75) is 19.1 Å². The molecule has 0 radical (unpaired) electrons. The summed E-state index contributed by atoms with van der Waals surface area (Å²) in [7, 11) is 1.61. The molecular weight excluding hydrogens is 254 g/mol. The highest BCUT2D eigenvalue weighted by atomic mass is 16.5. The minimum Gasteiger partial charge on any atom is -0.361 e. The van der Waals surface area contributed by atoms with E-state index in [1.807, 2.05) is 24.3 Å². The van der Waals surface area contributed by atoms with Crippen molar-refractivity contribution in [2.75, 3.05) is 12.0 Å². The lowest BCUT2D eigenvalue weighted by molar-refractivity contribution is -0.117. The molecule has 1 amide bonds. The number of carbonyl (C=O) groups excluding carboxylic acids is 1. The zero-order valence-electron chi connectivity index (χ0n) is 11.0. The van der Waals surface area contributed by atoms with Crippen LogP contribution in [0.3, 0.4) is 0 Å². The van der Waals surface area contributed by atoms with Gasteiger partial charge in [-0.15, -0.1) is 0 Å². The number of nitriles is 1. The Kier molecular flexibility index (Phi) is 3.09. The normalized spacial score (nSPS) is 18.5. The number of benzene rings is 1. The quantitative estimate of drug-likeness (QED) is 0.836. The van der Waals surface area contributed by atoms with Gasteiger partial charge < -0.3 is 4.74 Å². The number of hydrogen-bond donors (Lipinski definition) is 0. The van der Waals surface area contributed by atoms with Gasteiger partial charge in [-0.2, -0.15) is 5.26 Å². The van der Waals surface area contributed by atoms with Crippen LogP contribution in [0.25, 0.3) is 10.8 Å². The van der Waals surface area contributed by atoms with Crippen molar-refractivity contribution in [2.24, 2.45) is 0 Å². The summed E-state index contributed by atoms with van der Waals surface area (Å²) in [6.07, 6.45) is 2.59. The highest BCUT2D eigenvalue weighted by molar-refractivity contribution is 5.98. The Morgan fingerprint density at radius 1 is 1.45 bits per heavy atom. The van der Waals surface area contributed by atoms with Crippen LogP contribution in [0.1, 0.15) is 18.5 Å². The van der Waals surface area contributed by atoms with E-state index in [1.54, 1.807) is 18.2 Å². The van der Waals surface area contributed by atoms with Gasteiger partial charge in [0.25, 0.3) is 0 Å². The Morgan fingerprint density at radius 3 is 3.05 bits per heavy atom. The molecule has 1 aliphatic rings. The molecule has 1 atom stereocenters. The third kappa shape index (κ3) is 1.91. The molecule has 0 spiro atoms. The number of carbonyl (C=O) groups is 1. The van der Waals surface area contributed by atoms with Gasteiger partial charge in [-0.05, 0) is 29.7 Å². The molecule has 1 aliphatic heterocycles. The minimum atomic E-state index is -0.211. The van der Waals surface area contributed by atoms with E-state index in [-0.39, 0.29) is 12.1 Å². The first-order valence-corrected chi connectivity index (χ1v) is 6.38. The van der Waals surface area contributed by atoms with E-state index in [9.17, 15) is 4.79 Å². The molecule has 0 unspecified atom stereocenters. The topological polar surface area (TPSA) is 66.2 Å². The van der Waals surface area contributed by atoms with E-state index in [2.05, 4.69) is 11.1 Å². The first-order valence-electron chi connectivity index (χ1n) is 6.38. The lowest BCUT2D eigenvalue weighted by Gasteiger charge is -2.23. The van der Waals surface area contributed by atoms with Gasteiger partial charge in [0.15, 0.2) is 0 Å². The number of aromatic nitrogens is 1. The molecule has 1 fully saturated rings. The first-order chi connectivity index (χ1) is 9.74. The van der Waals surface area contributed by atoms with Crippen molar-refractivity contribution in [3.8, 4) is 6.07 Å². The number of hydrogen-bond acceptors (Lipinski definition) is 4. The van der Waals surface area contributed by atoms with Crippen LogP contribution in [0.5, 0.6) is 0 Å². The van der Waals surface area contributed by atoms with Crippen LogP contribution in [0.4, 0.5) is 5.69 Å². The van der Waals surface area contributed by atoms with E-state index in [0.717, 1.165) is 16.5 Å². The Bertz CT molecular complexity index is 721. The van der Waals surface area contributed by atoms with E-state index >= 15 is 0 Å². The molecule has 5 heteroatoms. The smallest absolute Gasteiger partial charge is 0.229 e. The summed E-state index contributed by atoms with van der Waals surface area (Å²) < 4.78 is 5.35. The van der Waals surface area contributed by atoms with Crippen LogP contribution in [0, 0.1) is 11.3 Å². The van der Waals surface area contributed by atoms with Gasteiger partial charge in [-0.3, -0.25) is 9.69 Å². The fourth-order valence-electron chi connectivity index (χ4n) is 2.59. The van der Waals surface area contributed by atoms with Crippen molar-refractivity contribution in [3.05, 3.63) is 36.2 Å². The standard InChI is InChI=1S/C15H13N3O2/c1-20-15-5-4-14(19)18(15)11-2-3-12-10(8-11)6-7-17-13(12)9-16/h2-3,6-8,15H,4-5H2,1H3/t15-/m1/s1. The Labute approximate surface area is 116 Å². The number of fused-ring (bicyclic) bond motifs is 1. The molecule has 3 rings (SSSR count). The number of amides is 1. The summed E-state index contributed by atoms with van der Waals surface area (Å²) in [5.74, 6) is 0.0609. The maximum Gasteiger partial charge on any atom is 0.229 e. The zero-order chi connectivity index (χ0) is 14.1. The third-order valence-electron chi connectivity index (χ3n) is 3.57. The zero-order valence-corrected chi connectivity index (χ0v) is 11.0. The second kappa shape index (κ2) is 4.91. The van der Waals surface area contributed by atoms with Gasteiger partial charge in [0.1, 0.15) is 18.0 Å². The number of pyridine rings is 1. The fourth-order valence-corrected chi connectivity index (χ4v) is 2.59. The summed E-state index contributed by atoms with van der Waals surface area (Å²) in [6.45, 7) is 0. The van der Waals surface area contributed by atoms with E-state index in [1.165, 1.54) is 0 Å². The van der Waals surface area contributed by atoms with Gasteiger partial charge >= 0.3 is 0 Å². The van der Waals surface area contributed by atoms with Crippen LogP contribution in [0.15, 0.2) is 30.5 Å². The molecule has 20 heavy (non-hydrogen) atoms. The number of nitrogens with zero attached hydrogens (tertiary/aromatic N) is 3. The van der Waals surface area contributed by atoms with Crippen molar-refractivity contribution in [3.63, 3.8) is 0 Å². The molecule has 100 valence electrons. The van der Waals surface area contributed by atoms with Crippen molar-refractivity contribution in [1.29, 1.82) is 5.26 Å². The molecule has 1 aromatic carbocycles.